The van der Waals surface area contributed by atoms with Gasteiger partial charge in [-0.15, -0.1) is 0 Å². The molecule has 3 rings (SSSR count). The first kappa shape index (κ1) is 16.4. The third-order valence-corrected chi connectivity index (χ3v) is 4.50. The molecule has 0 saturated carbocycles. The van der Waals surface area contributed by atoms with Crippen LogP contribution in [0.25, 0.3) is 0 Å². The van der Waals surface area contributed by atoms with E-state index >= 15 is 0 Å². The summed E-state index contributed by atoms with van der Waals surface area (Å²) in [5.41, 5.74) is 3.47. The van der Waals surface area contributed by atoms with Crippen LogP contribution < -0.4 is 10.1 Å². The Bertz CT molecular complexity index is 726. The average Bonchev–Trinajstić information content (AvgIpc) is 2.90. The molecule has 0 saturated heterocycles. The molecule has 1 N–H and O–H groups in total. The number of methoxy groups -OCH3 is 1. The summed E-state index contributed by atoms with van der Waals surface area (Å²) in [6, 6.07) is 6.00. The second-order valence-electron chi connectivity index (χ2n) is 6.28. The van der Waals surface area contributed by atoms with Gasteiger partial charge in [0, 0.05) is 31.9 Å². The van der Waals surface area contributed by atoms with Crippen LogP contribution in [-0.2, 0) is 20.0 Å². The molecule has 1 aromatic heterocycles. The van der Waals surface area contributed by atoms with E-state index in [2.05, 4.69) is 22.5 Å². The molecular formula is C18H24N4O2. The number of carbonyl (C=O) groups is 1. The number of aryl methyl sites for hydroxylation is 2. The zero-order valence-corrected chi connectivity index (χ0v) is 14.5. The summed E-state index contributed by atoms with van der Waals surface area (Å²) in [5.74, 6) is 0.872. The van der Waals surface area contributed by atoms with E-state index in [-0.39, 0.29) is 12.1 Å². The number of nitrogens with zero attached hydrogens (tertiary/aromatic N) is 3. The number of fused-ring (bicyclic) bond motifs is 1. The number of urea groups is 1. The quantitative estimate of drug-likeness (QED) is 0.942. The van der Waals surface area contributed by atoms with Crippen molar-refractivity contribution in [2.45, 2.75) is 32.4 Å². The van der Waals surface area contributed by atoms with E-state index in [1.54, 1.807) is 18.0 Å². The number of ether oxygens (including phenoxy) is 1. The third kappa shape index (κ3) is 3.53. The Kier molecular flexibility index (Phi) is 4.74. The van der Waals surface area contributed by atoms with Crippen molar-refractivity contribution in [3.63, 3.8) is 0 Å². The molecule has 1 unspecified atom stereocenters. The fraction of sp³-hybridized carbons (Fsp3) is 0.444. The first-order valence-electron chi connectivity index (χ1n) is 8.26. The van der Waals surface area contributed by atoms with Gasteiger partial charge in [0.05, 0.1) is 19.3 Å². The minimum absolute atomic E-state index is 0.0324. The molecular weight excluding hydrogens is 304 g/mol. The lowest BCUT2D eigenvalue weighted by Crippen LogP contribution is -2.40. The molecule has 0 bridgehead atoms. The topological polar surface area (TPSA) is 59.4 Å². The lowest BCUT2D eigenvalue weighted by atomic mass is 10.0. The summed E-state index contributed by atoms with van der Waals surface area (Å²) >= 11 is 0. The van der Waals surface area contributed by atoms with Crippen LogP contribution in [0.1, 0.15) is 36.1 Å². The van der Waals surface area contributed by atoms with E-state index in [1.807, 2.05) is 31.1 Å². The van der Waals surface area contributed by atoms with Gasteiger partial charge in [-0.1, -0.05) is 6.07 Å². The second kappa shape index (κ2) is 6.95. The van der Waals surface area contributed by atoms with Gasteiger partial charge in [-0.3, -0.25) is 4.68 Å². The summed E-state index contributed by atoms with van der Waals surface area (Å²) in [6.07, 6.45) is 5.63. The first-order chi connectivity index (χ1) is 11.6. The molecule has 128 valence electrons. The van der Waals surface area contributed by atoms with E-state index in [9.17, 15) is 4.79 Å². The van der Waals surface area contributed by atoms with Crippen LogP contribution in [0, 0.1) is 0 Å². The van der Waals surface area contributed by atoms with Gasteiger partial charge in [-0.2, -0.15) is 5.10 Å². The van der Waals surface area contributed by atoms with Crippen molar-refractivity contribution in [3.05, 3.63) is 47.3 Å². The molecule has 1 aromatic carbocycles. The maximum atomic E-state index is 12.6. The molecule has 0 spiro atoms. The zero-order chi connectivity index (χ0) is 17.1. The molecule has 2 heterocycles. The molecule has 6 heteroatoms. The molecule has 0 aliphatic carbocycles. The molecule has 2 amide bonds. The molecule has 1 atom stereocenters. The van der Waals surface area contributed by atoms with Crippen molar-refractivity contribution in [2.24, 2.45) is 7.05 Å². The van der Waals surface area contributed by atoms with Crippen LogP contribution in [0.2, 0.25) is 0 Å². The lowest BCUT2D eigenvalue weighted by Gasteiger charge is -2.23. The Morgan fingerprint density at radius 1 is 1.38 bits per heavy atom. The zero-order valence-electron chi connectivity index (χ0n) is 14.5. The van der Waals surface area contributed by atoms with Crippen LogP contribution in [0.4, 0.5) is 4.79 Å². The van der Waals surface area contributed by atoms with Gasteiger partial charge in [0.2, 0.25) is 0 Å². The third-order valence-electron chi connectivity index (χ3n) is 4.50. The summed E-state index contributed by atoms with van der Waals surface area (Å²) in [7, 11) is 3.55. The normalized spacial score (nSPS) is 15.4. The van der Waals surface area contributed by atoms with Crippen LogP contribution in [0.3, 0.4) is 0 Å². The number of aromatic nitrogens is 2. The van der Waals surface area contributed by atoms with Crippen LogP contribution >= 0.6 is 0 Å². The fourth-order valence-electron chi connectivity index (χ4n) is 3.06. The highest BCUT2D eigenvalue weighted by atomic mass is 16.5. The van der Waals surface area contributed by atoms with Crippen LogP contribution in [-0.4, -0.2) is 34.4 Å². The van der Waals surface area contributed by atoms with E-state index in [0.29, 0.717) is 6.54 Å². The van der Waals surface area contributed by atoms with Gasteiger partial charge in [0.15, 0.2) is 0 Å². The Morgan fingerprint density at radius 2 is 2.21 bits per heavy atom. The standard InChI is InChI=1S/C18H24N4O2/c1-13(16-10-19-21(2)11-16)20-18(23)22-8-4-5-14-9-17(24-3)7-6-15(14)12-22/h6-7,9-11,13H,4-5,8,12H2,1-3H3,(H,20,23). The maximum absolute atomic E-state index is 12.6. The van der Waals surface area contributed by atoms with E-state index < -0.39 is 0 Å². The number of hydrogen-bond acceptors (Lipinski definition) is 3. The van der Waals surface area contributed by atoms with Crippen molar-refractivity contribution in [2.75, 3.05) is 13.7 Å². The second-order valence-corrected chi connectivity index (χ2v) is 6.28. The van der Waals surface area contributed by atoms with E-state index in [0.717, 1.165) is 30.7 Å². The summed E-state index contributed by atoms with van der Waals surface area (Å²) in [4.78, 5) is 14.5. The number of benzene rings is 1. The smallest absolute Gasteiger partial charge is 0.318 e. The van der Waals surface area contributed by atoms with Crippen LogP contribution in [0.15, 0.2) is 30.6 Å². The van der Waals surface area contributed by atoms with E-state index in [1.165, 1.54) is 11.1 Å². The SMILES string of the molecule is COc1ccc2c(c1)CCCN(C(=O)NC(C)c1cnn(C)c1)C2. The van der Waals surface area contributed by atoms with E-state index in [4.69, 9.17) is 4.74 Å². The van der Waals surface area contributed by atoms with Crippen molar-refractivity contribution >= 4 is 6.03 Å². The van der Waals surface area contributed by atoms with Crippen molar-refractivity contribution in [1.82, 2.24) is 20.0 Å². The molecule has 1 aliphatic rings. The Hall–Kier alpha value is -2.50. The van der Waals surface area contributed by atoms with Crippen molar-refractivity contribution in [1.29, 1.82) is 0 Å². The fourth-order valence-corrected chi connectivity index (χ4v) is 3.06. The number of hydrogen-bond donors (Lipinski definition) is 1. The number of nitrogens with one attached hydrogen (secondary N) is 1. The Balaban J connectivity index is 1.68. The van der Waals surface area contributed by atoms with Crippen LogP contribution in [0.5, 0.6) is 5.75 Å². The van der Waals surface area contributed by atoms with Crippen molar-refractivity contribution < 1.29 is 9.53 Å². The molecule has 0 fully saturated rings. The monoisotopic (exact) mass is 328 g/mol. The van der Waals surface area contributed by atoms with Gasteiger partial charge < -0.3 is 15.0 Å². The highest BCUT2D eigenvalue weighted by Crippen LogP contribution is 2.24. The molecule has 24 heavy (non-hydrogen) atoms. The molecule has 6 nitrogen and oxygen atoms in total. The predicted molar refractivity (Wildman–Crippen MR) is 91.9 cm³/mol. The first-order valence-corrected chi connectivity index (χ1v) is 8.26. The number of carbonyl (C=O) groups excluding carboxylic acids is 1. The van der Waals surface area contributed by atoms with Gasteiger partial charge in [-0.25, -0.2) is 4.79 Å². The Labute approximate surface area is 142 Å². The van der Waals surface area contributed by atoms with Gasteiger partial charge in [0.25, 0.3) is 0 Å². The summed E-state index contributed by atoms with van der Waals surface area (Å²) in [6.45, 7) is 3.36. The average molecular weight is 328 g/mol. The highest BCUT2D eigenvalue weighted by Gasteiger charge is 2.21. The maximum Gasteiger partial charge on any atom is 0.318 e. The molecule has 2 aromatic rings. The molecule has 1 aliphatic heterocycles. The lowest BCUT2D eigenvalue weighted by molar-refractivity contribution is 0.192. The largest absolute Gasteiger partial charge is 0.497 e. The summed E-state index contributed by atoms with van der Waals surface area (Å²) < 4.78 is 7.04. The summed E-state index contributed by atoms with van der Waals surface area (Å²) in [5, 5.41) is 7.23. The minimum atomic E-state index is -0.0650. The van der Waals surface area contributed by atoms with Gasteiger partial charge >= 0.3 is 6.03 Å². The minimum Gasteiger partial charge on any atom is -0.497 e. The number of amides is 2. The van der Waals surface area contributed by atoms with Crippen molar-refractivity contribution in [3.8, 4) is 5.75 Å². The Morgan fingerprint density at radius 3 is 2.92 bits per heavy atom. The van der Waals surface area contributed by atoms with Gasteiger partial charge in [-0.05, 0) is 43.0 Å². The predicted octanol–water partition coefficient (Wildman–Crippen LogP) is 2.65. The number of rotatable bonds is 3. The van der Waals surface area contributed by atoms with Gasteiger partial charge in [0.1, 0.15) is 5.75 Å². The molecule has 0 radical (unpaired) electrons. The highest BCUT2D eigenvalue weighted by molar-refractivity contribution is 5.74.